The van der Waals surface area contributed by atoms with E-state index < -0.39 is 14.3 Å². The molecule has 250 valence electrons. The van der Waals surface area contributed by atoms with Gasteiger partial charge in [0.25, 0.3) is 0 Å². The molecule has 0 heterocycles. The van der Waals surface area contributed by atoms with E-state index in [1.54, 1.807) is 0 Å². The molecule has 0 saturated carbocycles. The van der Waals surface area contributed by atoms with Crippen LogP contribution in [0.3, 0.4) is 0 Å². The summed E-state index contributed by atoms with van der Waals surface area (Å²) in [5.74, 6) is 0.207. The van der Waals surface area contributed by atoms with Crippen LogP contribution in [-0.2, 0) is 9.09 Å². The molecule has 50 heavy (non-hydrogen) atoms. The second-order valence-electron chi connectivity index (χ2n) is 12.9. The van der Waals surface area contributed by atoms with Crippen LogP contribution >= 0.6 is 14.3 Å². The third kappa shape index (κ3) is 5.80. The lowest BCUT2D eigenvalue weighted by molar-refractivity contribution is 0.411. The third-order valence-corrected chi connectivity index (χ3v) is 17.5. The number of hydrogen-bond donors (Lipinski definition) is 0. The topological polar surface area (TPSA) is 26.3 Å². The van der Waals surface area contributed by atoms with E-state index in [9.17, 15) is 0 Å². The van der Waals surface area contributed by atoms with Gasteiger partial charge in [0.15, 0.2) is 7.14 Å². The van der Waals surface area contributed by atoms with Gasteiger partial charge in [0.05, 0.1) is 7.11 Å². The summed E-state index contributed by atoms with van der Waals surface area (Å²) in [5.41, 5.74) is 1.22. The van der Waals surface area contributed by atoms with Gasteiger partial charge in [-0.2, -0.15) is 0 Å². The second kappa shape index (κ2) is 14.8. The molecular weight excluding hydrogens is 646 g/mol. The van der Waals surface area contributed by atoms with Gasteiger partial charge in [-0.15, -0.1) is 0 Å². The average Bonchev–Trinajstić information content (AvgIpc) is 3.19. The summed E-state index contributed by atoms with van der Waals surface area (Å²) in [6, 6.07) is 44.3. The Bertz CT molecular complexity index is 2180. The Labute approximate surface area is 297 Å². The molecule has 5 aromatic rings. The molecule has 2 aliphatic carbocycles. The van der Waals surface area contributed by atoms with Gasteiger partial charge in [-0.05, 0) is 46.3 Å². The molecule has 2 nitrogen and oxygen atoms in total. The quantitative estimate of drug-likeness (QED) is 0.108. The fourth-order valence-electron chi connectivity index (χ4n) is 8.16. The van der Waals surface area contributed by atoms with Crippen molar-refractivity contribution in [1.82, 2.24) is 0 Å². The van der Waals surface area contributed by atoms with Crippen molar-refractivity contribution in [2.24, 2.45) is 11.8 Å². The fraction of sp³-hybridized carbons (Fsp3) is 0.152. The normalized spacial score (nSPS) is 19.9. The lowest BCUT2D eigenvalue weighted by Crippen LogP contribution is -2.34. The molecule has 4 unspecified atom stereocenters. The summed E-state index contributed by atoms with van der Waals surface area (Å²) in [6.45, 7) is 6.23. The Morgan fingerprint density at radius 2 is 1.38 bits per heavy atom. The summed E-state index contributed by atoms with van der Waals surface area (Å²) in [6.07, 6.45) is 19.1. The molecule has 4 atom stereocenters. The molecule has 0 radical (unpaired) electrons. The first kappa shape index (κ1) is 34.0. The van der Waals surface area contributed by atoms with Gasteiger partial charge < -0.3 is 9.09 Å². The van der Waals surface area contributed by atoms with Gasteiger partial charge in [0, 0.05) is 39.6 Å². The van der Waals surface area contributed by atoms with Crippen molar-refractivity contribution in [2.75, 3.05) is 7.11 Å². The molecule has 7 rings (SSSR count). The van der Waals surface area contributed by atoms with Crippen LogP contribution in [0.15, 0.2) is 188 Å². The molecule has 0 N–H and O–H groups in total. The summed E-state index contributed by atoms with van der Waals surface area (Å²) in [7, 11) is -4.13. The molecule has 0 amide bonds. The molecule has 5 aromatic carbocycles. The first-order chi connectivity index (χ1) is 24.6. The van der Waals surface area contributed by atoms with Crippen molar-refractivity contribution in [2.45, 2.75) is 25.7 Å². The molecule has 4 heteroatoms. The maximum Gasteiger partial charge on any atom is 0.167 e. The van der Waals surface area contributed by atoms with Gasteiger partial charge in [-0.25, -0.2) is 0 Å². The van der Waals surface area contributed by atoms with Gasteiger partial charge in [0.2, 0.25) is 0 Å². The smallest absolute Gasteiger partial charge is 0.167 e. The lowest BCUT2D eigenvalue weighted by atomic mass is 9.70. The highest BCUT2D eigenvalue weighted by Crippen LogP contribution is 2.64. The fourth-order valence-corrected chi connectivity index (χ4v) is 15.1. The van der Waals surface area contributed by atoms with Crippen LogP contribution in [0.2, 0.25) is 0 Å². The molecule has 0 bridgehead atoms. The predicted octanol–water partition coefficient (Wildman–Crippen LogP) is 10.4. The first-order valence-electron chi connectivity index (χ1n) is 17.5. The molecule has 0 fully saturated rings. The largest absolute Gasteiger partial charge is 0.355 e. The van der Waals surface area contributed by atoms with Crippen LogP contribution in [0.5, 0.6) is 0 Å². The summed E-state index contributed by atoms with van der Waals surface area (Å²) in [4.78, 5) is 0. The molecule has 0 aliphatic heterocycles. The highest BCUT2D eigenvalue weighted by Gasteiger charge is 2.46. The second-order valence-corrected chi connectivity index (χ2v) is 18.8. The highest BCUT2D eigenvalue weighted by atomic mass is 31.2. The van der Waals surface area contributed by atoms with Crippen molar-refractivity contribution < 1.29 is 9.09 Å². The molecular formula is C46H44O2P2. The number of rotatable bonds is 10. The first-order valence-corrected chi connectivity index (χ1v) is 20.9. The van der Waals surface area contributed by atoms with E-state index in [0.29, 0.717) is 0 Å². The van der Waals surface area contributed by atoms with E-state index in [1.165, 1.54) is 26.9 Å². The number of allylic oxidation sites excluding steroid dienone is 9. The van der Waals surface area contributed by atoms with Crippen LogP contribution in [-0.4, -0.2) is 12.4 Å². The Morgan fingerprint density at radius 1 is 0.780 bits per heavy atom. The molecule has 0 aromatic heterocycles. The Balaban J connectivity index is 1.66. The standard InChI is InChI=1S/C46H44O2P2/c1-4-6-22-37(5-2)50(48-3,40-27-14-9-15-28-40)44-34-32-36-21-17-19-30-42(36)46(44)45-41-29-18-16-20-35(41)31-33-43(45)49(47,38-23-10-7-11-24-38)39-25-12-8-13-26-39/h4,6-30,32-35,41,45H,1,5,31H2,2-3H3/b22-6-. The minimum atomic E-state index is -3.32. The van der Waals surface area contributed by atoms with Crippen molar-refractivity contribution in [1.29, 1.82) is 0 Å². The van der Waals surface area contributed by atoms with Crippen LogP contribution in [0, 0.1) is 11.8 Å². The van der Waals surface area contributed by atoms with Crippen LogP contribution in [0.4, 0.5) is 0 Å². The third-order valence-electron chi connectivity index (χ3n) is 10.4. The summed E-state index contributed by atoms with van der Waals surface area (Å²) >= 11 is 0. The van der Waals surface area contributed by atoms with E-state index in [0.717, 1.165) is 34.1 Å². The van der Waals surface area contributed by atoms with E-state index in [4.69, 9.17) is 4.52 Å². The Hall–Kier alpha value is -4.45. The van der Waals surface area contributed by atoms with E-state index in [-0.39, 0.29) is 17.8 Å². The minimum absolute atomic E-state index is 0.105. The van der Waals surface area contributed by atoms with E-state index in [2.05, 4.69) is 141 Å². The molecule has 0 saturated heterocycles. The van der Waals surface area contributed by atoms with E-state index in [1.807, 2.05) is 55.7 Å². The van der Waals surface area contributed by atoms with Gasteiger partial charge in [-0.1, -0.05) is 190 Å². The summed E-state index contributed by atoms with van der Waals surface area (Å²) < 4.78 is 23.5. The van der Waals surface area contributed by atoms with Gasteiger partial charge >= 0.3 is 0 Å². The zero-order chi connectivity index (χ0) is 34.6. The van der Waals surface area contributed by atoms with Crippen molar-refractivity contribution >= 4 is 51.5 Å². The van der Waals surface area contributed by atoms with Crippen molar-refractivity contribution in [3.63, 3.8) is 0 Å². The summed E-state index contributed by atoms with van der Waals surface area (Å²) in [5, 5.41) is 8.66. The van der Waals surface area contributed by atoms with Crippen molar-refractivity contribution in [3.8, 4) is 0 Å². The lowest BCUT2D eigenvalue weighted by Gasteiger charge is -2.43. The average molecular weight is 691 g/mol. The minimum Gasteiger partial charge on any atom is -0.355 e. The zero-order valence-corrected chi connectivity index (χ0v) is 30.6. The highest BCUT2D eigenvalue weighted by molar-refractivity contribution is 7.86. The van der Waals surface area contributed by atoms with Gasteiger partial charge in [-0.3, -0.25) is 0 Å². The molecule has 2 aliphatic rings. The number of hydrogen-bond acceptors (Lipinski definition) is 2. The van der Waals surface area contributed by atoms with Crippen LogP contribution in [0.25, 0.3) is 10.8 Å². The predicted molar refractivity (Wildman–Crippen MR) is 219 cm³/mol. The SMILES string of the molecule is C=C/C=C\C(CC)=P(OC)(c1ccccc1)c1ccc2ccccc2c1C1C(P(=O)(c2ccccc2)c2ccccc2)=CCC2C=CC=CC21. The van der Waals surface area contributed by atoms with Gasteiger partial charge in [0.1, 0.15) is 0 Å². The number of fused-ring (bicyclic) bond motifs is 2. The Morgan fingerprint density at radius 3 is 2.00 bits per heavy atom. The van der Waals surface area contributed by atoms with E-state index >= 15 is 4.57 Å². The Kier molecular flexibility index (Phi) is 10.1. The maximum absolute atomic E-state index is 16.4. The van der Waals surface area contributed by atoms with Crippen LogP contribution < -0.4 is 21.2 Å². The van der Waals surface area contributed by atoms with Crippen molar-refractivity contribution in [3.05, 3.63) is 193 Å². The molecule has 0 spiro atoms. The monoisotopic (exact) mass is 690 g/mol. The zero-order valence-electron chi connectivity index (χ0n) is 28.8. The van der Waals surface area contributed by atoms with Crippen LogP contribution in [0.1, 0.15) is 31.2 Å². The number of benzene rings is 5. The maximum atomic E-state index is 16.4.